The number of hydrogen-bond donors (Lipinski definition) is 1. The second kappa shape index (κ2) is 8.41. The maximum atomic E-state index is 12.9. The minimum Gasteiger partial charge on any atom is -0.300 e. The number of carbonyl (C=O) groups is 1. The van der Waals surface area contributed by atoms with E-state index in [0.29, 0.717) is 34.1 Å². The van der Waals surface area contributed by atoms with Crippen LogP contribution in [0.15, 0.2) is 29.1 Å². The van der Waals surface area contributed by atoms with Gasteiger partial charge in [0.25, 0.3) is 5.56 Å². The van der Waals surface area contributed by atoms with Crippen molar-refractivity contribution in [3.05, 3.63) is 45.3 Å². The summed E-state index contributed by atoms with van der Waals surface area (Å²) in [5.41, 5.74) is 0.456. The summed E-state index contributed by atoms with van der Waals surface area (Å²) in [4.78, 5) is 25.5. The average Bonchev–Trinajstić information content (AvgIpc) is 3.23. The van der Waals surface area contributed by atoms with Gasteiger partial charge < -0.3 is 0 Å². The molecule has 1 N–H and O–H groups in total. The molecule has 2 aromatic heterocycles. The molecule has 1 amide bonds. The summed E-state index contributed by atoms with van der Waals surface area (Å²) < 4.78 is 1.41. The zero-order valence-electron chi connectivity index (χ0n) is 16.7. The summed E-state index contributed by atoms with van der Waals surface area (Å²) in [5.74, 6) is -0.265. The standard InChI is InChI=1S/C21H25N5O2S/c1-3-26-20(28)16-12-8-7-11-15(16)17(25-26)13(2)18(27)22-21-24-23-19(29-21)14-9-5-4-6-10-14/h7-8,11-14H,3-6,9-10H2,1-2H3,(H,22,24,27). The lowest BCUT2D eigenvalue weighted by atomic mass is 9.90. The third-order valence-electron chi connectivity index (χ3n) is 5.62. The lowest BCUT2D eigenvalue weighted by Crippen LogP contribution is -2.27. The highest BCUT2D eigenvalue weighted by Gasteiger charge is 2.24. The third kappa shape index (κ3) is 3.94. The Hall–Kier alpha value is -2.61. The molecule has 7 nitrogen and oxygen atoms in total. The fraction of sp³-hybridized carbons (Fsp3) is 0.476. The molecular formula is C21H25N5O2S. The number of amides is 1. The van der Waals surface area contributed by atoms with Gasteiger partial charge in [0.05, 0.1) is 17.0 Å². The number of rotatable bonds is 5. The number of nitrogens with one attached hydrogen (secondary N) is 1. The van der Waals surface area contributed by atoms with Gasteiger partial charge in [0.1, 0.15) is 5.01 Å². The van der Waals surface area contributed by atoms with Crippen LogP contribution in [0.2, 0.25) is 0 Å². The van der Waals surface area contributed by atoms with E-state index < -0.39 is 5.92 Å². The smallest absolute Gasteiger partial charge is 0.274 e. The molecule has 2 heterocycles. The topological polar surface area (TPSA) is 89.8 Å². The summed E-state index contributed by atoms with van der Waals surface area (Å²) in [7, 11) is 0. The van der Waals surface area contributed by atoms with Crippen LogP contribution >= 0.6 is 11.3 Å². The zero-order chi connectivity index (χ0) is 20.4. The number of anilines is 1. The first-order valence-electron chi connectivity index (χ1n) is 10.2. The molecule has 1 fully saturated rings. The van der Waals surface area contributed by atoms with Gasteiger partial charge in [-0.05, 0) is 32.8 Å². The first-order chi connectivity index (χ1) is 14.1. The zero-order valence-corrected chi connectivity index (χ0v) is 17.5. The first kappa shape index (κ1) is 19.7. The second-order valence-corrected chi connectivity index (χ2v) is 8.55. The predicted octanol–water partition coefficient (Wildman–Crippen LogP) is 4.06. The summed E-state index contributed by atoms with van der Waals surface area (Å²) >= 11 is 1.46. The fourth-order valence-corrected chi connectivity index (χ4v) is 4.85. The molecule has 1 unspecified atom stereocenters. The average molecular weight is 412 g/mol. The summed E-state index contributed by atoms with van der Waals surface area (Å²) in [5, 5.41) is 18.7. The maximum absolute atomic E-state index is 12.9. The van der Waals surface area contributed by atoms with Gasteiger partial charge >= 0.3 is 0 Å². The normalized spacial score (nSPS) is 16.1. The Morgan fingerprint density at radius 1 is 1.21 bits per heavy atom. The summed E-state index contributed by atoms with van der Waals surface area (Å²) in [6.45, 7) is 4.12. The van der Waals surface area contributed by atoms with Crippen molar-refractivity contribution >= 4 is 33.1 Å². The van der Waals surface area contributed by atoms with Crippen molar-refractivity contribution < 1.29 is 4.79 Å². The largest absolute Gasteiger partial charge is 0.300 e. The minimum atomic E-state index is -0.527. The van der Waals surface area contributed by atoms with E-state index in [0.717, 1.165) is 17.8 Å². The number of aromatic nitrogens is 4. The van der Waals surface area contributed by atoms with Gasteiger partial charge in [-0.2, -0.15) is 5.10 Å². The van der Waals surface area contributed by atoms with E-state index in [1.807, 2.05) is 25.1 Å². The van der Waals surface area contributed by atoms with Crippen LogP contribution in [0.4, 0.5) is 5.13 Å². The van der Waals surface area contributed by atoms with Crippen molar-refractivity contribution in [1.29, 1.82) is 0 Å². The minimum absolute atomic E-state index is 0.138. The van der Waals surface area contributed by atoms with E-state index in [1.165, 1.54) is 35.3 Å². The van der Waals surface area contributed by atoms with E-state index >= 15 is 0 Å². The number of hydrogen-bond acceptors (Lipinski definition) is 6. The van der Waals surface area contributed by atoms with Gasteiger partial charge in [-0.25, -0.2) is 4.68 Å². The van der Waals surface area contributed by atoms with Gasteiger partial charge in [-0.3, -0.25) is 14.9 Å². The van der Waals surface area contributed by atoms with Crippen molar-refractivity contribution in [3.63, 3.8) is 0 Å². The fourth-order valence-electron chi connectivity index (χ4n) is 3.93. The quantitative estimate of drug-likeness (QED) is 0.684. The Labute approximate surface area is 173 Å². The lowest BCUT2D eigenvalue weighted by Gasteiger charge is -2.18. The molecule has 0 radical (unpaired) electrons. The van der Waals surface area contributed by atoms with Crippen molar-refractivity contribution in [2.45, 2.75) is 64.3 Å². The van der Waals surface area contributed by atoms with E-state index in [-0.39, 0.29) is 11.5 Å². The Morgan fingerprint density at radius 2 is 1.93 bits per heavy atom. The Morgan fingerprint density at radius 3 is 2.66 bits per heavy atom. The Balaban J connectivity index is 1.58. The molecule has 1 saturated carbocycles. The van der Waals surface area contributed by atoms with Gasteiger partial charge in [-0.15, -0.1) is 10.2 Å². The summed E-state index contributed by atoms with van der Waals surface area (Å²) in [6.07, 6.45) is 6.04. The molecule has 0 spiro atoms. The van der Waals surface area contributed by atoms with Crippen molar-refractivity contribution in [2.75, 3.05) is 5.32 Å². The van der Waals surface area contributed by atoms with Gasteiger partial charge in [-0.1, -0.05) is 48.8 Å². The lowest BCUT2D eigenvalue weighted by molar-refractivity contribution is -0.117. The molecule has 4 rings (SSSR count). The van der Waals surface area contributed by atoms with Crippen LogP contribution in [0.5, 0.6) is 0 Å². The molecule has 0 aliphatic heterocycles. The molecule has 1 aliphatic rings. The van der Waals surface area contributed by atoms with Crippen molar-refractivity contribution in [2.24, 2.45) is 0 Å². The van der Waals surface area contributed by atoms with Crippen LogP contribution < -0.4 is 10.9 Å². The van der Waals surface area contributed by atoms with Crippen LogP contribution in [0, 0.1) is 0 Å². The van der Waals surface area contributed by atoms with Gasteiger partial charge in [0, 0.05) is 17.8 Å². The van der Waals surface area contributed by atoms with E-state index in [4.69, 9.17) is 0 Å². The molecule has 3 aromatic rings. The van der Waals surface area contributed by atoms with Crippen LogP contribution in [0.1, 0.15) is 68.5 Å². The van der Waals surface area contributed by atoms with E-state index in [2.05, 4.69) is 20.6 Å². The summed E-state index contributed by atoms with van der Waals surface area (Å²) in [6, 6.07) is 7.30. The number of benzene rings is 1. The molecule has 29 heavy (non-hydrogen) atoms. The molecule has 0 bridgehead atoms. The Bertz CT molecular complexity index is 1080. The van der Waals surface area contributed by atoms with Gasteiger partial charge in [0.15, 0.2) is 0 Å². The Kier molecular flexibility index (Phi) is 5.71. The molecule has 0 saturated heterocycles. The molecule has 8 heteroatoms. The molecule has 1 atom stereocenters. The highest BCUT2D eigenvalue weighted by molar-refractivity contribution is 7.15. The van der Waals surface area contributed by atoms with Crippen LogP contribution in [-0.2, 0) is 11.3 Å². The van der Waals surface area contributed by atoms with Crippen LogP contribution in [0.25, 0.3) is 10.8 Å². The molecule has 1 aliphatic carbocycles. The van der Waals surface area contributed by atoms with E-state index in [9.17, 15) is 9.59 Å². The number of carbonyl (C=O) groups excluding carboxylic acids is 1. The number of aryl methyl sites for hydroxylation is 1. The predicted molar refractivity (Wildman–Crippen MR) is 114 cm³/mol. The van der Waals surface area contributed by atoms with Crippen LogP contribution in [-0.4, -0.2) is 25.9 Å². The van der Waals surface area contributed by atoms with Crippen LogP contribution in [0.3, 0.4) is 0 Å². The van der Waals surface area contributed by atoms with Crippen molar-refractivity contribution in [3.8, 4) is 0 Å². The third-order valence-corrected chi connectivity index (χ3v) is 6.63. The maximum Gasteiger partial charge on any atom is 0.274 e. The molecule has 1 aromatic carbocycles. The van der Waals surface area contributed by atoms with Crippen molar-refractivity contribution in [1.82, 2.24) is 20.0 Å². The number of nitrogens with zero attached hydrogens (tertiary/aromatic N) is 4. The monoisotopic (exact) mass is 411 g/mol. The number of fused-ring (bicyclic) bond motifs is 1. The molecular weight excluding hydrogens is 386 g/mol. The van der Waals surface area contributed by atoms with E-state index in [1.54, 1.807) is 13.0 Å². The highest BCUT2D eigenvalue weighted by Crippen LogP contribution is 2.35. The highest BCUT2D eigenvalue weighted by atomic mass is 32.1. The molecule has 152 valence electrons. The SMILES string of the molecule is CCn1nc(C(C)C(=O)Nc2nnc(C3CCCCC3)s2)c2ccccc2c1=O. The van der Waals surface area contributed by atoms with Gasteiger partial charge in [0.2, 0.25) is 11.0 Å². The first-order valence-corrected chi connectivity index (χ1v) is 11.0. The second-order valence-electron chi connectivity index (χ2n) is 7.54.